The molecule has 0 aliphatic heterocycles. The van der Waals surface area contributed by atoms with Crippen molar-refractivity contribution in [2.24, 2.45) is 0 Å². The van der Waals surface area contributed by atoms with Gasteiger partial charge in [-0.15, -0.1) is 0 Å². The van der Waals surface area contributed by atoms with Gasteiger partial charge >= 0.3 is 0 Å². The van der Waals surface area contributed by atoms with E-state index in [9.17, 15) is 4.79 Å². The van der Waals surface area contributed by atoms with E-state index in [4.69, 9.17) is 5.11 Å². The molecule has 1 unspecified atom stereocenters. The Bertz CT molecular complexity index is 388. The van der Waals surface area contributed by atoms with Crippen molar-refractivity contribution < 1.29 is 9.90 Å². The molecule has 0 spiro atoms. The van der Waals surface area contributed by atoms with E-state index in [1.807, 2.05) is 39.0 Å². The van der Waals surface area contributed by atoms with Gasteiger partial charge in [-0.25, -0.2) is 0 Å². The predicted molar refractivity (Wildman–Crippen MR) is 69.2 cm³/mol. The van der Waals surface area contributed by atoms with Crippen LogP contribution < -0.4 is 5.32 Å². The van der Waals surface area contributed by atoms with Gasteiger partial charge in [0, 0.05) is 18.2 Å². The van der Waals surface area contributed by atoms with E-state index >= 15 is 0 Å². The second kappa shape index (κ2) is 6.40. The van der Waals surface area contributed by atoms with Crippen molar-refractivity contribution in [2.45, 2.75) is 39.7 Å². The van der Waals surface area contributed by atoms with Gasteiger partial charge in [-0.2, -0.15) is 0 Å². The number of aliphatic hydroxyl groups is 1. The van der Waals surface area contributed by atoms with Gasteiger partial charge in [0.2, 0.25) is 0 Å². The van der Waals surface area contributed by atoms with Crippen LogP contribution in [0.5, 0.6) is 0 Å². The van der Waals surface area contributed by atoms with E-state index in [0.717, 1.165) is 23.1 Å². The molecule has 0 saturated carbocycles. The van der Waals surface area contributed by atoms with Crippen LogP contribution in [0.15, 0.2) is 18.2 Å². The Morgan fingerprint density at radius 1 is 1.41 bits per heavy atom. The number of nitrogens with one attached hydrogen (secondary N) is 1. The molecule has 3 heteroatoms. The molecule has 1 atom stereocenters. The van der Waals surface area contributed by atoms with Gasteiger partial charge in [0.05, 0.1) is 0 Å². The van der Waals surface area contributed by atoms with Crippen molar-refractivity contribution in [3.05, 3.63) is 34.9 Å². The number of benzene rings is 1. The number of amides is 1. The predicted octanol–water partition coefficient (Wildman–Crippen LogP) is 2.19. The van der Waals surface area contributed by atoms with Gasteiger partial charge in [-0.3, -0.25) is 4.79 Å². The summed E-state index contributed by atoms with van der Waals surface area (Å²) in [5.41, 5.74) is 2.88. The van der Waals surface area contributed by atoms with E-state index in [0.29, 0.717) is 6.42 Å². The van der Waals surface area contributed by atoms with Gasteiger partial charge in [0.1, 0.15) is 0 Å². The molecule has 0 fully saturated rings. The van der Waals surface area contributed by atoms with E-state index in [-0.39, 0.29) is 18.6 Å². The summed E-state index contributed by atoms with van der Waals surface area (Å²) in [5, 5.41) is 11.7. The maximum atomic E-state index is 12.0. The Morgan fingerprint density at radius 3 is 2.71 bits per heavy atom. The van der Waals surface area contributed by atoms with Crippen LogP contribution in [0.25, 0.3) is 0 Å². The fourth-order valence-electron chi connectivity index (χ4n) is 1.84. The van der Waals surface area contributed by atoms with Crippen molar-refractivity contribution in [1.29, 1.82) is 0 Å². The van der Waals surface area contributed by atoms with E-state index < -0.39 is 0 Å². The molecule has 0 saturated heterocycles. The van der Waals surface area contributed by atoms with Gasteiger partial charge in [-0.05, 0) is 45.2 Å². The average Bonchev–Trinajstić information content (AvgIpc) is 2.26. The summed E-state index contributed by atoms with van der Waals surface area (Å²) < 4.78 is 0. The van der Waals surface area contributed by atoms with Crippen LogP contribution in [0, 0.1) is 13.8 Å². The fraction of sp³-hybridized carbons (Fsp3) is 0.500. The molecule has 1 aromatic carbocycles. The molecule has 1 aromatic rings. The summed E-state index contributed by atoms with van der Waals surface area (Å²) in [6.07, 6.45) is 1.52. The maximum absolute atomic E-state index is 12.0. The number of hydrogen-bond acceptors (Lipinski definition) is 2. The minimum atomic E-state index is -0.0343. The van der Waals surface area contributed by atoms with Crippen LogP contribution in [0.4, 0.5) is 0 Å². The molecule has 0 aromatic heterocycles. The molecule has 2 N–H and O–H groups in total. The molecule has 3 nitrogen and oxygen atoms in total. The molecular weight excluding hydrogens is 214 g/mol. The van der Waals surface area contributed by atoms with E-state index in [1.54, 1.807) is 0 Å². The van der Waals surface area contributed by atoms with Crippen LogP contribution in [-0.2, 0) is 0 Å². The Morgan fingerprint density at radius 2 is 2.12 bits per heavy atom. The Hall–Kier alpha value is -1.35. The van der Waals surface area contributed by atoms with Crippen molar-refractivity contribution in [2.75, 3.05) is 6.61 Å². The Labute approximate surface area is 103 Å². The second-order valence-corrected chi connectivity index (χ2v) is 4.56. The van der Waals surface area contributed by atoms with Crippen molar-refractivity contribution in [3.8, 4) is 0 Å². The highest BCUT2D eigenvalue weighted by Gasteiger charge is 2.11. The Kier molecular flexibility index (Phi) is 5.16. The molecule has 94 valence electrons. The minimum absolute atomic E-state index is 0.0343. The lowest BCUT2D eigenvalue weighted by Gasteiger charge is -2.14. The standard InChI is InChI=1S/C14H21NO2/c1-10-6-7-13(11(2)9-10)14(17)15-12(3)5-4-8-16/h6-7,9,12,16H,4-5,8H2,1-3H3,(H,15,17). The van der Waals surface area contributed by atoms with Gasteiger partial charge in [-0.1, -0.05) is 17.7 Å². The van der Waals surface area contributed by atoms with E-state index in [2.05, 4.69) is 5.32 Å². The number of aryl methyl sites for hydroxylation is 2. The SMILES string of the molecule is Cc1ccc(C(=O)NC(C)CCCO)c(C)c1. The van der Waals surface area contributed by atoms with Crippen LogP contribution >= 0.6 is 0 Å². The number of aliphatic hydroxyl groups excluding tert-OH is 1. The highest BCUT2D eigenvalue weighted by atomic mass is 16.2. The summed E-state index contributed by atoms with van der Waals surface area (Å²) >= 11 is 0. The largest absolute Gasteiger partial charge is 0.396 e. The quantitative estimate of drug-likeness (QED) is 0.822. The van der Waals surface area contributed by atoms with Crippen LogP contribution in [-0.4, -0.2) is 23.7 Å². The fourth-order valence-corrected chi connectivity index (χ4v) is 1.84. The average molecular weight is 235 g/mol. The first-order chi connectivity index (χ1) is 8.04. The lowest BCUT2D eigenvalue weighted by atomic mass is 10.0. The lowest BCUT2D eigenvalue weighted by molar-refractivity contribution is 0.0936. The molecule has 0 aliphatic carbocycles. The summed E-state index contributed by atoms with van der Waals surface area (Å²) in [5.74, 6) is -0.0343. The molecule has 0 radical (unpaired) electrons. The van der Waals surface area contributed by atoms with Crippen molar-refractivity contribution in [1.82, 2.24) is 5.32 Å². The number of rotatable bonds is 5. The van der Waals surface area contributed by atoms with Gasteiger partial charge in [0.15, 0.2) is 0 Å². The van der Waals surface area contributed by atoms with Crippen LogP contribution in [0.2, 0.25) is 0 Å². The third-order valence-electron chi connectivity index (χ3n) is 2.80. The second-order valence-electron chi connectivity index (χ2n) is 4.56. The molecule has 17 heavy (non-hydrogen) atoms. The Balaban J connectivity index is 2.63. The normalized spacial score (nSPS) is 12.2. The summed E-state index contributed by atoms with van der Waals surface area (Å²) in [6, 6.07) is 5.90. The van der Waals surface area contributed by atoms with Crippen LogP contribution in [0.3, 0.4) is 0 Å². The molecular formula is C14H21NO2. The topological polar surface area (TPSA) is 49.3 Å². The summed E-state index contributed by atoms with van der Waals surface area (Å²) in [4.78, 5) is 12.0. The summed E-state index contributed by atoms with van der Waals surface area (Å²) in [6.45, 7) is 6.08. The van der Waals surface area contributed by atoms with Crippen LogP contribution in [0.1, 0.15) is 41.3 Å². The van der Waals surface area contributed by atoms with Gasteiger partial charge < -0.3 is 10.4 Å². The highest BCUT2D eigenvalue weighted by molar-refractivity contribution is 5.95. The molecule has 1 amide bonds. The van der Waals surface area contributed by atoms with Crippen molar-refractivity contribution >= 4 is 5.91 Å². The molecule has 0 heterocycles. The minimum Gasteiger partial charge on any atom is -0.396 e. The number of carbonyl (C=O) groups is 1. The van der Waals surface area contributed by atoms with Gasteiger partial charge in [0.25, 0.3) is 5.91 Å². The first kappa shape index (κ1) is 13.7. The highest BCUT2D eigenvalue weighted by Crippen LogP contribution is 2.11. The smallest absolute Gasteiger partial charge is 0.251 e. The van der Waals surface area contributed by atoms with E-state index in [1.165, 1.54) is 0 Å². The third-order valence-corrected chi connectivity index (χ3v) is 2.80. The third kappa shape index (κ3) is 4.19. The zero-order chi connectivity index (χ0) is 12.8. The molecule has 0 aliphatic rings. The first-order valence-corrected chi connectivity index (χ1v) is 6.03. The molecule has 1 rings (SSSR count). The number of carbonyl (C=O) groups excluding carboxylic acids is 1. The zero-order valence-corrected chi connectivity index (χ0v) is 10.8. The first-order valence-electron chi connectivity index (χ1n) is 6.03. The summed E-state index contributed by atoms with van der Waals surface area (Å²) in [7, 11) is 0. The zero-order valence-electron chi connectivity index (χ0n) is 10.8. The maximum Gasteiger partial charge on any atom is 0.251 e. The molecule has 0 bridgehead atoms. The lowest BCUT2D eigenvalue weighted by Crippen LogP contribution is -2.33. The van der Waals surface area contributed by atoms with Crippen molar-refractivity contribution in [3.63, 3.8) is 0 Å². The number of hydrogen-bond donors (Lipinski definition) is 2. The monoisotopic (exact) mass is 235 g/mol.